The highest BCUT2D eigenvalue weighted by molar-refractivity contribution is 6.09. The van der Waals surface area contributed by atoms with E-state index >= 15 is 0 Å². The van der Waals surface area contributed by atoms with Gasteiger partial charge in [-0.3, -0.25) is 30.1 Å². The summed E-state index contributed by atoms with van der Waals surface area (Å²) in [5.74, 6) is -1.42. The molecule has 1 aliphatic heterocycles. The van der Waals surface area contributed by atoms with Gasteiger partial charge in [0.15, 0.2) is 0 Å². The summed E-state index contributed by atoms with van der Waals surface area (Å²) in [5.41, 5.74) is 5.28. The summed E-state index contributed by atoms with van der Waals surface area (Å²) in [5, 5.41) is 0. The van der Waals surface area contributed by atoms with E-state index in [2.05, 4.69) is 31.6 Å². The van der Waals surface area contributed by atoms with Crippen molar-refractivity contribution in [3.63, 3.8) is 0 Å². The van der Waals surface area contributed by atoms with Crippen LogP contribution < -0.4 is 10.9 Å². The van der Waals surface area contributed by atoms with Crippen molar-refractivity contribution in [2.24, 2.45) is 0 Å². The normalized spacial score (nSPS) is 18.7. The molecule has 1 heterocycles. The predicted molar refractivity (Wildman–Crippen MR) is 111 cm³/mol. The first kappa shape index (κ1) is 21.8. The molecular weight excluding hydrogens is 384 g/mol. The summed E-state index contributed by atoms with van der Waals surface area (Å²) in [4.78, 5) is 52.5. The number of benzene rings is 1. The molecule has 162 valence electrons. The van der Waals surface area contributed by atoms with Gasteiger partial charge in [0.05, 0.1) is 0 Å². The van der Waals surface area contributed by atoms with Gasteiger partial charge in [-0.1, -0.05) is 52.2 Å². The lowest BCUT2D eigenvalue weighted by Crippen LogP contribution is -2.50. The Morgan fingerprint density at radius 2 is 1.60 bits per heavy atom. The highest BCUT2D eigenvalue weighted by atomic mass is 16.2. The second kappa shape index (κ2) is 8.08. The van der Waals surface area contributed by atoms with Crippen LogP contribution in [0.1, 0.15) is 68.8 Å². The van der Waals surface area contributed by atoms with Gasteiger partial charge in [-0.25, -0.2) is 4.79 Å². The van der Waals surface area contributed by atoms with E-state index in [9.17, 15) is 19.2 Å². The van der Waals surface area contributed by atoms with E-state index in [0.29, 0.717) is 18.4 Å². The number of hydrogen-bond donors (Lipinski definition) is 2. The highest BCUT2D eigenvalue weighted by Gasteiger charge is 2.55. The number of likely N-dealkylation sites (N-methyl/N-ethyl adjacent to an activating group) is 1. The molecule has 5 amide bonds. The van der Waals surface area contributed by atoms with Gasteiger partial charge in [0.25, 0.3) is 17.7 Å². The fraction of sp³-hybridized carbons (Fsp3) is 0.545. The third-order valence-corrected chi connectivity index (χ3v) is 6.11. The number of carbonyl (C=O) groups is 4. The fourth-order valence-electron chi connectivity index (χ4n) is 4.17. The maximum Gasteiger partial charge on any atom is 0.327 e. The first-order valence-electron chi connectivity index (χ1n) is 10.4. The van der Waals surface area contributed by atoms with Crippen LogP contribution in [0, 0.1) is 0 Å². The van der Waals surface area contributed by atoms with E-state index < -0.39 is 29.9 Å². The van der Waals surface area contributed by atoms with Crippen molar-refractivity contribution >= 4 is 23.8 Å². The van der Waals surface area contributed by atoms with Gasteiger partial charge in [-0.05, 0) is 36.0 Å². The second-order valence-corrected chi connectivity index (χ2v) is 9.15. The quantitative estimate of drug-likeness (QED) is 0.586. The zero-order valence-electron chi connectivity index (χ0n) is 18.1. The minimum Gasteiger partial charge on any atom is -0.313 e. The van der Waals surface area contributed by atoms with Crippen molar-refractivity contribution in [2.75, 3.05) is 13.6 Å². The molecule has 1 aromatic carbocycles. The molecule has 0 atom stereocenters. The van der Waals surface area contributed by atoms with Crippen LogP contribution in [0.4, 0.5) is 4.79 Å². The Morgan fingerprint density at radius 1 is 1.00 bits per heavy atom. The van der Waals surface area contributed by atoms with Gasteiger partial charge >= 0.3 is 6.03 Å². The van der Waals surface area contributed by atoms with E-state index in [1.807, 2.05) is 12.1 Å². The molecule has 1 saturated carbocycles. The van der Waals surface area contributed by atoms with Crippen LogP contribution in [0.5, 0.6) is 0 Å². The molecule has 8 nitrogen and oxygen atoms in total. The monoisotopic (exact) mass is 414 g/mol. The Hall–Kier alpha value is -2.90. The maximum absolute atomic E-state index is 12.9. The van der Waals surface area contributed by atoms with Crippen LogP contribution in [0.3, 0.4) is 0 Å². The van der Waals surface area contributed by atoms with Crippen LogP contribution in [0.2, 0.25) is 0 Å². The molecule has 1 saturated heterocycles. The molecular formula is C22H30N4O4. The van der Waals surface area contributed by atoms with Crippen LogP contribution >= 0.6 is 0 Å². The van der Waals surface area contributed by atoms with E-state index in [4.69, 9.17) is 0 Å². The van der Waals surface area contributed by atoms with Gasteiger partial charge < -0.3 is 4.90 Å². The van der Waals surface area contributed by atoms with Gasteiger partial charge in [0.2, 0.25) is 0 Å². The molecule has 2 aliphatic rings. The summed E-state index contributed by atoms with van der Waals surface area (Å²) in [6.45, 7) is 5.82. The number of carbonyl (C=O) groups excluding carboxylic acids is 4. The third-order valence-electron chi connectivity index (χ3n) is 6.11. The molecule has 3 rings (SSSR count). The van der Waals surface area contributed by atoms with E-state index in [1.165, 1.54) is 4.90 Å². The number of amides is 5. The largest absolute Gasteiger partial charge is 0.327 e. The number of nitrogens with zero attached hydrogens (tertiary/aromatic N) is 2. The molecule has 0 bridgehead atoms. The Balaban J connectivity index is 1.57. The van der Waals surface area contributed by atoms with Gasteiger partial charge in [0.1, 0.15) is 12.1 Å². The number of urea groups is 1. The van der Waals surface area contributed by atoms with Crippen molar-refractivity contribution in [1.29, 1.82) is 0 Å². The number of rotatable bonds is 3. The molecule has 2 fully saturated rings. The smallest absolute Gasteiger partial charge is 0.313 e. The topological polar surface area (TPSA) is 98.8 Å². The summed E-state index contributed by atoms with van der Waals surface area (Å²) in [6, 6.07) is 6.66. The molecule has 1 aliphatic carbocycles. The molecule has 0 aromatic heterocycles. The summed E-state index contributed by atoms with van der Waals surface area (Å²) < 4.78 is 0. The zero-order valence-corrected chi connectivity index (χ0v) is 18.1. The Morgan fingerprint density at radius 3 is 2.17 bits per heavy atom. The SMILES string of the molecule is CN1C(=O)N(CC(=O)NNC(=O)c2ccc(C(C)(C)C)cc2)C(=O)C12CCCCC2. The Labute approximate surface area is 176 Å². The third kappa shape index (κ3) is 4.04. The van der Waals surface area contributed by atoms with Crippen LogP contribution in [-0.4, -0.2) is 52.7 Å². The molecule has 1 spiro atoms. The van der Waals surface area contributed by atoms with Gasteiger partial charge in [0, 0.05) is 12.6 Å². The Kier molecular flexibility index (Phi) is 5.87. The van der Waals surface area contributed by atoms with Gasteiger partial charge in [-0.15, -0.1) is 0 Å². The number of hydrogen-bond acceptors (Lipinski definition) is 4. The average Bonchev–Trinajstić information content (AvgIpc) is 2.88. The summed E-state index contributed by atoms with van der Waals surface area (Å²) in [6.07, 6.45) is 4.04. The molecule has 0 unspecified atom stereocenters. The first-order chi connectivity index (χ1) is 14.1. The average molecular weight is 415 g/mol. The lowest BCUT2D eigenvalue weighted by Gasteiger charge is -2.35. The fourth-order valence-corrected chi connectivity index (χ4v) is 4.17. The van der Waals surface area contributed by atoms with Gasteiger partial charge in [-0.2, -0.15) is 0 Å². The van der Waals surface area contributed by atoms with E-state index in [-0.39, 0.29) is 11.3 Å². The molecule has 0 radical (unpaired) electrons. The number of nitrogens with one attached hydrogen (secondary N) is 2. The van der Waals surface area contributed by atoms with Crippen LogP contribution in [0.25, 0.3) is 0 Å². The van der Waals surface area contributed by atoms with Crippen molar-refractivity contribution in [1.82, 2.24) is 20.7 Å². The van der Waals surface area contributed by atoms with Crippen molar-refractivity contribution in [3.05, 3.63) is 35.4 Å². The van der Waals surface area contributed by atoms with E-state index in [0.717, 1.165) is 29.7 Å². The molecule has 30 heavy (non-hydrogen) atoms. The Bertz CT molecular complexity index is 851. The van der Waals surface area contributed by atoms with Crippen molar-refractivity contribution in [3.8, 4) is 0 Å². The second-order valence-electron chi connectivity index (χ2n) is 9.15. The maximum atomic E-state index is 12.9. The van der Waals surface area contributed by atoms with E-state index in [1.54, 1.807) is 19.2 Å². The van der Waals surface area contributed by atoms with Crippen LogP contribution in [0.15, 0.2) is 24.3 Å². The first-order valence-corrected chi connectivity index (χ1v) is 10.4. The minimum atomic E-state index is -0.826. The molecule has 8 heteroatoms. The molecule has 2 N–H and O–H groups in total. The van der Waals surface area contributed by atoms with Crippen LogP contribution in [-0.2, 0) is 15.0 Å². The lowest BCUT2D eigenvalue weighted by atomic mass is 9.81. The summed E-state index contributed by atoms with van der Waals surface area (Å²) in [7, 11) is 1.62. The highest BCUT2D eigenvalue weighted by Crippen LogP contribution is 2.39. The predicted octanol–water partition coefficient (Wildman–Crippen LogP) is 2.34. The summed E-state index contributed by atoms with van der Waals surface area (Å²) >= 11 is 0. The standard InChI is InChI=1S/C22H30N4O4/c1-21(2,3)16-10-8-15(9-11-16)18(28)24-23-17(27)14-26-19(29)22(25(4)20(26)30)12-6-5-7-13-22/h8-11H,5-7,12-14H2,1-4H3,(H,23,27)(H,24,28). The van der Waals surface area contributed by atoms with Crippen molar-refractivity contribution < 1.29 is 19.2 Å². The number of hydrazine groups is 1. The lowest BCUT2D eigenvalue weighted by molar-refractivity contribution is -0.137. The minimum absolute atomic E-state index is 0.0269. The van der Waals surface area contributed by atoms with Crippen molar-refractivity contribution in [2.45, 2.75) is 63.8 Å². The number of imide groups is 1. The zero-order chi connectivity index (χ0) is 22.1. The molecule has 1 aromatic rings.